The van der Waals surface area contributed by atoms with E-state index in [-0.39, 0.29) is 36.2 Å². The number of methoxy groups -OCH3 is 1. The van der Waals surface area contributed by atoms with Crippen molar-refractivity contribution in [3.05, 3.63) is 47.8 Å². The minimum Gasteiger partial charge on any atom is -0.468 e. The summed E-state index contributed by atoms with van der Waals surface area (Å²) in [5.74, 6) is -1.03. The quantitative estimate of drug-likeness (QED) is 0.661. The maximum atomic E-state index is 12.7. The molecule has 0 spiro atoms. The molecule has 0 aliphatic rings. The monoisotopic (exact) mass is 426 g/mol. The summed E-state index contributed by atoms with van der Waals surface area (Å²) in [6.07, 6.45) is -1.71. The molecule has 0 saturated carbocycles. The molecule has 2 amide bonds. The van der Waals surface area contributed by atoms with E-state index in [1.807, 2.05) is 0 Å². The number of alkyl halides is 3. The van der Waals surface area contributed by atoms with Crippen molar-refractivity contribution in [3.63, 3.8) is 0 Å². The van der Waals surface area contributed by atoms with Gasteiger partial charge in [-0.1, -0.05) is 6.92 Å². The molecule has 30 heavy (non-hydrogen) atoms. The average Bonchev–Trinajstić information content (AvgIpc) is 2.71. The second-order valence-electron chi connectivity index (χ2n) is 6.19. The van der Waals surface area contributed by atoms with Gasteiger partial charge in [-0.15, -0.1) is 0 Å². The molecule has 2 N–H and O–H groups in total. The van der Waals surface area contributed by atoms with Crippen LogP contribution in [0.3, 0.4) is 0 Å². The van der Waals surface area contributed by atoms with Crippen LogP contribution in [-0.2, 0) is 9.53 Å². The van der Waals surface area contributed by atoms with Crippen molar-refractivity contribution >= 4 is 17.6 Å². The zero-order chi connectivity index (χ0) is 22.3. The topological polar surface area (TPSA) is 108 Å². The smallest absolute Gasteiger partial charge is 0.422 e. The second kappa shape index (κ2) is 10.0. The Bertz CT molecular complexity index is 875. The van der Waals surface area contributed by atoms with E-state index < -0.39 is 24.7 Å². The molecule has 0 aliphatic carbocycles. The number of nitrogens with zero attached hydrogens (tertiary/aromatic N) is 3. The van der Waals surface area contributed by atoms with Crippen molar-refractivity contribution in [2.45, 2.75) is 25.6 Å². The summed E-state index contributed by atoms with van der Waals surface area (Å²) in [6.45, 7) is 0.229. The molecule has 2 rings (SSSR count). The van der Waals surface area contributed by atoms with Gasteiger partial charge in [-0.25, -0.2) is 9.97 Å². The third-order valence-electron chi connectivity index (χ3n) is 4.01. The van der Waals surface area contributed by atoms with Crippen LogP contribution in [0, 0.1) is 0 Å². The van der Waals surface area contributed by atoms with Crippen molar-refractivity contribution in [2.75, 3.05) is 25.2 Å². The van der Waals surface area contributed by atoms with Gasteiger partial charge >= 0.3 is 6.18 Å². The lowest BCUT2D eigenvalue weighted by molar-refractivity contribution is -0.154. The van der Waals surface area contributed by atoms with Gasteiger partial charge in [-0.05, 0) is 23.8 Å². The van der Waals surface area contributed by atoms with Crippen LogP contribution < -0.4 is 15.4 Å². The molecule has 0 saturated heterocycles. The molecule has 11 heteroatoms. The number of rotatable bonds is 9. The van der Waals surface area contributed by atoms with E-state index in [1.54, 1.807) is 6.92 Å². The molecule has 2 aromatic rings. The van der Waals surface area contributed by atoms with Gasteiger partial charge < -0.3 is 15.2 Å². The summed E-state index contributed by atoms with van der Waals surface area (Å²) in [6, 6.07) is 4.84. The molecule has 162 valence electrons. The van der Waals surface area contributed by atoms with Gasteiger partial charge in [0, 0.05) is 37.6 Å². The zero-order valence-electron chi connectivity index (χ0n) is 16.3. The fourth-order valence-electron chi connectivity index (χ4n) is 2.64. The first-order valence-electron chi connectivity index (χ1n) is 8.88. The van der Waals surface area contributed by atoms with Crippen LogP contribution in [0.25, 0.3) is 0 Å². The Balaban J connectivity index is 2.39. The number of hydrogen-bond acceptors (Lipinski definition) is 6. The Hall–Kier alpha value is -3.21. The van der Waals surface area contributed by atoms with Gasteiger partial charge in [0.1, 0.15) is 5.82 Å². The predicted octanol–water partition coefficient (Wildman–Crippen LogP) is 2.65. The van der Waals surface area contributed by atoms with Crippen LogP contribution in [0.5, 0.6) is 5.88 Å². The first-order chi connectivity index (χ1) is 14.2. The normalized spacial score (nSPS) is 12.3. The molecule has 1 atom stereocenters. The largest absolute Gasteiger partial charge is 0.468 e. The van der Waals surface area contributed by atoms with Crippen molar-refractivity contribution in [3.8, 4) is 5.88 Å². The van der Waals surface area contributed by atoms with Crippen LogP contribution in [0.1, 0.15) is 35.3 Å². The summed E-state index contributed by atoms with van der Waals surface area (Å²) < 4.78 is 46.8. The number of anilines is 1. The van der Waals surface area contributed by atoms with Crippen molar-refractivity contribution < 1.29 is 32.2 Å². The fourth-order valence-corrected chi connectivity index (χ4v) is 2.64. The second-order valence-corrected chi connectivity index (χ2v) is 6.19. The van der Waals surface area contributed by atoms with Gasteiger partial charge in [-0.2, -0.15) is 13.2 Å². The van der Waals surface area contributed by atoms with E-state index in [0.717, 1.165) is 0 Å². The van der Waals surface area contributed by atoms with E-state index in [9.17, 15) is 22.8 Å². The van der Waals surface area contributed by atoms with Crippen molar-refractivity contribution in [1.29, 1.82) is 0 Å². The Morgan fingerprint density at radius 2 is 1.97 bits per heavy atom. The Labute approximate surface area is 170 Å². The highest BCUT2D eigenvalue weighted by Crippen LogP contribution is 2.28. The molecule has 0 aromatic carbocycles. The van der Waals surface area contributed by atoms with Gasteiger partial charge in [0.05, 0.1) is 12.6 Å². The number of aromatic nitrogens is 2. The molecule has 2 heterocycles. The Morgan fingerprint density at radius 1 is 1.23 bits per heavy atom. The highest BCUT2D eigenvalue weighted by Gasteiger charge is 2.30. The van der Waals surface area contributed by atoms with Crippen LogP contribution >= 0.6 is 0 Å². The summed E-state index contributed by atoms with van der Waals surface area (Å²) >= 11 is 0. The van der Waals surface area contributed by atoms with Gasteiger partial charge in [0.2, 0.25) is 17.7 Å². The number of carbonyl (C=O) groups is 2. The van der Waals surface area contributed by atoms with E-state index in [4.69, 9.17) is 10.5 Å². The van der Waals surface area contributed by atoms with Crippen LogP contribution in [0.15, 0.2) is 36.7 Å². The molecule has 0 radical (unpaired) electrons. The maximum Gasteiger partial charge on any atom is 0.422 e. The SMILES string of the molecule is CCC(=O)N(c1cc(C(N)=O)ccn1)C(COC)c1ccc(OCC(F)(F)F)nc1. The predicted molar refractivity (Wildman–Crippen MR) is 101 cm³/mol. The highest BCUT2D eigenvalue weighted by atomic mass is 19.4. The van der Waals surface area contributed by atoms with Crippen LogP contribution in [0.2, 0.25) is 0 Å². The molecular weight excluding hydrogens is 405 g/mol. The molecule has 0 bridgehead atoms. The third kappa shape index (κ3) is 6.14. The highest BCUT2D eigenvalue weighted by molar-refractivity contribution is 5.96. The molecular formula is C19H21F3N4O4. The van der Waals surface area contributed by atoms with Gasteiger partial charge in [0.15, 0.2) is 6.61 Å². The molecule has 0 fully saturated rings. The lowest BCUT2D eigenvalue weighted by atomic mass is 10.1. The standard InChI is InChI=1S/C19H21F3N4O4/c1-3-17(27)26(15-8-12(18(23)28)6-7-24-15)14(10-29-2)13-4-5-16(25-9-13)30-11-19(20,21)22/h4-9,14H,3,10-11H2,1-2H3,(H2,23,28). The van der Waals surface area contributed by atoms with Gasteiger partial charge in [0.25, 0.3) is 0 Å². The number of carbonyl (C=O) groups excluding carboxylic acids is 2. The Morgan fingerprint density at radius 3 is 2.50 bits per heavy atom. The maximum absolute atomic E-state index is 12.7. The van der Waals surface area contributed by atoms with E-state index in [1.165, 1.54) is 48.7 Å². The van der Waals surface area contributed by atoms with E-state index in [2.05, 4.69) is 14.7 Å². The molecule has 1 unspecified atom stereocenters. The number of pyridine rings is 2. The minimum absolute atomic E-state index is 0.0403. The first kappa shape index (κ1) is 23.1. The summed E-state index contributed by atoms with van der Waals surface area (Å²) in [5.41, 5.74) is 5.96. The Kier molecular flexibility index (Phi) is 7.70. The minimum atomic E-state index is -4.49. The molecule has 2 aromatic heterocycles. The first-order valence-corrected chi connectivity index (χ1v) is 8.88. The summed E-state index contributed by atoms with van der Waals surface area (Å²) in [5, 5.41) is 0. The van der Waals surface area contributed by atoms with E-state index in [0.29, 0.717) is 5.56 Å². The number of ether oxygens (including phenoxy) is 2. The number of nitrogens with two attached hydrogens (primary N) is 1. The number of halogens is 3. The van der Waals surface area contributed by atoms with Gasteiger partial charge in [-0.3, -0.25) is 14.5 Å². The van der Waals surface area contributed by atoms with E-state index >= 15 is 0 Å². The zero-order valence-corrected chi connectivity index (χ0v) is 16.3. The van der Waals surface area contributed by atoms with Crippen molar-refractivity contribution in [2.24, 2.45) is 5.73 Å². The van der Waals surface area contributed by atoms with Crippen LogP contribution in [0.4, 0.5) is 19.0 Å². The average molecular weight is 426 g/mol. The van der Waals surface area contributed by atoms with Crippen molar-refractivity contribution in [1.82, 2.24) is 9.97 Å². The molecule has 8 nitrogen and oxygen atoms in total. The third-order valence-corrected chi connectivity index (χ3v) is 4.01. The number of primary amides is 1. The molecule has 0 aliphatic heterocycles. The number of amides is 2. The summed E-state index contributed by atoms with van der Waals surface area (Å²) in [7, 11) is 1.43. The fraction of sp³-hybridized carbons (Fsp3) is 0.368. The van der Waals surface area contributed by atoms with Crippen LogP contribution in [-0.4, -0.2) is 48.3 Å². The number of hydrogen-bond donors (Lipinski definition) is 1. The lowest BCUT2D eigenvalue weighted by Gasteiger charge is -2.31. The summed E-state index contributed by atoms with van der Waals surface area (Å²) in [4.78, 5) is 33.6. The lowest BCUT2D eigenvalue weighted by Crippen LogP contribution is -2.37.